The van der Waals surface area contributed by atoms with E-state index in [0.717, 1.165) is 75.6 Å². The molecule has 44 heavy (non-hydrogen) atoms. The molecule has 3 saturated heterocycles. The summed E-state index contributed by atoms with van der Waals surface area (Å²) in [7, 11) is 3.47. The molecule has 234 valence electrons. The molecule has 3 amide bonds. The number of rotatable bonds is 7. The maximum Gasteiger partial charge on any atom is 0.329 e. The van der Waals surface area contributed by atoms with Crippen molar-refractivity contribution in [2.45, 2.75) is 38.0 Å². The quantitative estimate of drug-likeness (QED) is 0.393. The number of hydrogen-bond acceptors (Lipinski definition) is 8. The lowest BCUT2D eigenvalue weighted by Crippen LogP contribution is -2.49. The Hall–Kier alpha value is -4.06. The highest BCUT2D eigenvalue weighted by atomic mass is 19.1. The second kappa shape index (κ2) is 11.5. The topological polar surface area (TPSA) is 112 Å². The van der Waals surface area contributed by atoms with Crippen LogP contribution in [0.25, 0.3) is 10.9 Å². The Morgan fingerprint density at radius 2 is 1.68 bits per heavy atom. The van der Waals surface area contributed by atoms with Crippen LogP contribution in [-0.4, -0.2) is 86.1 Å². The Morgan fingerprint density at radius 3 is 2.36 bits per heavy atom. The lowest BCUT2D eigenvalue weighted by Gasteiger charge is -2.40. The fourth-order valence-electron chi connectivity index (χ4n) is 7.12. The molecule has 2 aromatic carbocycles. The number of carbonyl (C=O) groups is 2. The zero-order valence-electron chi connectivity index (χ0n) is 25.5. The normalized spacial score (nSPS) is 20.5. The number of hydrogen-bond donors (Lipinski definition) is 2. The van der Waals surface area contributed by atoms with Crippen LogP contribution in [0, 0.1) is 11.7 Å². The molecule has 12 heteroatoms. The first kappa shape index (κ1) is 28.7. The van der Waals surface area contributed by atoms with E-state index in [-0.39, 0.29) is 24.7 Å². The van der Waals surface area contributed by atoms with Crippen LogP contribution in [0.4, 0.5) is 32.1 Å². The summed E-state index contributed by atoms with van der Waals surface area (Å²) in [5.41, 5.74) is 10.9. The molecule has 4 fully saturated rings. The lowest BCUT2D eigenvalue weighted by molar-refractivity contribution is -0.120. The number of anilines is 4. The van der Waals surface area contributed by atoms with Gasteiger partial charge >= 0.3 is 6.03 Å². The molecule has 1 saturated carbocycles. The molecule has 1 aliphatic carbocycles. The number of halogens is 1. The molecule has 3 aliphatic heterocycles. The highest BCUT2D eigenvalue weighted by molar-refractivity contribution is 6.09. The van der Waals surface area contributed by atoms with Crippen LogP contribution in [0.2, 0.25) is 0 Å². The van der Waals surface area contributed by atoms with Crippen LogP contribution in [0.5, 0.6) is 5.75 Å². The van der Waals surface area contributed by atoms with E-state index in [1.165, 1.54) is 35.1 Å². The summed E-state index contributed by atoms with van der Waals surface area (Å²) in [6, 6.07) is 7.05. The summed E-state index contributed by atoms with van der Waals surface area (Å²) in [5.74, 6) is 1.75. The number of imide groups is 1. The molecular weight excluding hydrogens is 563 g/mol. The molecular formula is C32H41FN8O3. The number of benzene rings is 2. The standard InChI is InChI=1S/C32H41FN8O3/c1-37-26-17-28(24(33)15-23(26)31(36-37)41-10-7-30(42)35-32(41)43)40-13-11-38(12-14-40)19-20-5-8-39(9-6-20)27-18-29(44-2)25(34)16-22(27)21-3-4-21/h15-18,20-21H,3-14,19,34H2,1-2H3,(H,35,42,43). The van der Waals surface area contributed by atoms with Gasteiger partial charge in [-0.05, 0) is 61.3 Å². The molecule has 0 bridgehead atoms. The molecule has 11 nitrogen and oxygen atoms in total. The number of piperazine rings is 1. The number of aromatic nitrogens is 2. The predicted octanol–water partition coefficient (Wildman–Crippen LogP) is 3.67. The minimum atomic E-state index is -0.527. The Kier molecular flexibility index (Phi) is 7.47. The van der Waals surface area contributed by atoms with Gasteiger partial charge in [0.2, 0.25) is 5.91 Å². The summed E-state index contributed by atoms with van der Waals surface area (Å²) in [6.07, 6.45) is 4.96. The molecule has 0 radical (unpaired) electrons. The Bertz CT molecular complexity index is 1590. The van der Waals surface area contributed by atoms with Crippen LogP contribution in [0.15, 0.2) is 24.3 Å². The van der Waals surface area contributed by atoms with E-state index in [0.29, 0.717) is 28.7 Å². The van der Waals surface area contributed by atoms with Crippen LogP contribution in [0.3, 0.4) is 0 Å². The fourth-order valence-corrected chi connectivity index (χ4v) is 7.12. The van der Waals surface area contributed by atoms with E-state index in [1.54, 1.807) is 18.8 Å². The van der Waals surface area contributed by atoms with Crippen molar-refractivity contribution in [3.05, 3.63) is 35.6 Å². The third kappa shape index (κ3) is 5.40. The number of aryl methyl sites for hydroxylation is 1. The van der Waals surface area contributed by atoms with E-state index >= 15 is 4.39 Å². The van der Waals surface area contributed by atoms with E-state index in [4.69, 9.17) is 10.5 Å². The highest BCUT2D eigenvalue weighted by Crippen LogP contribution is 2.47. The second-order valence-electron chi connectivity index (χ2n) is 12.7. The van der Waals surface area contributed by atoms with Crippen molar-refractivity contribution >= 4 is 45.7 Å². The molecule has 0 spiro atoms. The van der Waals surface area contributed by atoms with Crippen molar-refractivity contribution in [3.63, 3.8) is 0 Å². The summed E-state index contributed by atoms with van der Waals surface area (Å²) in [6.45, 7) is 6.62. The molecule has 7 rings (SSSR count). The van der Waals surface area contributed by atoms with Gasteiger partial charge in [-0.1, -0.05) is 0 Å². The van der Waals surface area contributed by atoms with Crippen molar-refractivity contribution < 1.29 is 18.7 Å². The minimum absolute atomic E-state index is 0.187. The van der Waals surface area contributed by atoms with Gasteiger partial charge in [0.1, 0.15) is 11.6 Å². The van der Waals surface area contributed by atoms with E-state index in [1.807, 2.05) is 6.07 Å². The van der Waals surface area contributed by atoms with Gasteiger partial charge in [-0.15, -0.1) is 0 Å². The third-order valence-corrected chi connectivity index (χ3v) is 9.79. The zero-order chi connectivity index (χ0) is 30.5. The number of nitrogen functional groups attached to an aromatic ring is 1. The van der Waals surface area contributed by atoms with Crippen molar-refractivity contribution in [1.29, 1.82) is 0 Å². The first-order valence-electron chi connectivity index (χ1n) is 15.8. The van der Waals surface area contributed by atoms with Gasteiger partial charge in [0, 0.05) is 83.0 Å². The summed E-state index contributed by atoms with van der Waals surface area (Å²) < 4.78 is 22.8. The number of nitrogens with zero attached hydrogens (tertiary/aromatic N) is 6. The first-order chi connectivity index (χ1) is 21.3. The van der Waals surface area contributed by atoms with Gasteiger partial charge < -0.3 is 20.3 Å². The Balaban J connectivity index is 0.965. The SMILES string of the molecule is COc1cc(N2CCC(CN3CCN(c4cc5c(cc4F)c(N4CCC(=O)NC4=O)nn5C)CC3)CC2)c(C2CC2)cc1N. The number of ether oxygens (including phenoxy) is 1. The maximum atomic E-state index is 15.5. The van der Waals surface area contributed by atoms with Gasteiger partial charge in [-0.2, -0.15) is 5.10 Å². The van der Waals surface area contributed by atoms with Crippen LogP contribution >= 0.6 is 0 Å². The highest BCUT2D eigenvalue weighted by Gasteiger charge is 2.32. The van der Waals surface area contributed by atoms with Crippen LogP contribution in [0.1, 0.15) is 43.6 Å². The zero-order valence-corrected chi connectivity index (χ0v) is 25.5. The van der Waals surface area contributed by atoms with Gasteiger partial charge in [0.15, 0.2) is 5.82 Å². The molecule has 3 N–H and O–H groups in total. The van der Waals surface area contributed by atoms with Crippen molar-refractivity contribution in [3.8, 4) is 5.75 Å². The van der Waals surface area contributed by atoms with Gasteiger partial charge in [-0.3, -0.25) is 24.6 Å². The van der Waals surface area contributed by atoms with Crippen LogP contribution in [-0.2, 0) is 11.8 Å². The molecule has 4 heterocycles. The average molecular weight is 605 g/mol. The molecule has 1 aromatic heterocycles. The number of methoxy groups -OCH3 is 1. The maximum absolute atomic E-state index is 15.5. The number of urea groups is 1. The first-order valence-corrected chi connectivity index (χ1v) is 15.8. The number of amides is 3. The predicted molar refractivity (Wildman–Crippen MR) is 169 cm³/mol. The molecule has 4 aliphatic rings. The van der Waals surface area contributed by atoms with E-state index in [9.17, 15) is 9.59 Å². The van der Waals surface area contributed by atoms with Gasteiger partial charge in [-0.25, -0.2) is 9.18 Å². The number of nitrogens with two attached hydrogens (primary N) is 1. The summed E-state index contributed by atoms with van der Waals surface area (Å²) in [4.78, 5) is 32.6. The number of fused-ring (bicyclic) bond motifs is 1. The number of nitrogens with one attached hydrogen (secondary N) is 1. The second-order valence-corrected chi connectivity index (χ2v) is 12.7. The Morgan fingerprint density at radius 1 is 0.955 bits per heavy atom. The molecule has 0 unspecified atom stereocenters. The van der Waals surface area contributed by atoms with Gasteiger partial charge in [0.05, 0.1) is 24.0 Å². The fraction of sp³-hybridized carbons (Fsp3) is 0.531. The number of carbonyl (C=O) groups excluding carboxylic acids is 2. The van der Waals surface area contributed by atoms with Crippen molar-refractivity contribution in [1.82, 2.24) is 20.0 Å². The monoisotopic (exact) mass is 604 g/mol. The minimum Gasteiger partial charge on any atom is -0.495 e. The van der Waals surface area contributed by atoms with E-state index in [2.05, 4.69) is 37.2 Å². The van der Waals surface area contributed by atoms with Crippen molar-refractivity contribution in [2.24, 2.45) is 13.0 Å². The molecule has 0 atom stereocenters. The summed E-state index contributed by atoms with van der Waals surface area (Å²) in [5, 5.41) is 7.39. The van der Waals surface area contributed by atoms with E-state index < -0.39 is 6.03 Å². The average Bonchev–Trinajstić information content (AvgIpc) is 3.82. The third-order valence-electron chi connectivity index (χ3n) is 9.79. The summed E-state index contributed by atoms with van der Waals surface area (Å²) >= 11 is 0. The Labute approximate surface area is 256 Å². The largest absolute Gasteiger partial charge is 0.495 e. The molecule has 3 aromatic rings. The van der Waals surface area contributed by atoms with Gasteiger partial charge in [0.25, 0.3) is 0 Å². The lowest BCUT2D eigenvalue weighted by atomic mass is 9.94. The number of piperidine rings is 1. The van der Waals surface area contributed by atoms with Crippen molar-refractivity contribution in [2.75, 3.05) is 79.9 Å². The smallest absolute Gasteiger partial charge is 0.329 e. The van der Waals surface area contributed by atoms with Crippen LogP contribution < -0.4 is 30.5 Å².